The van der Waals surface area contributed by atoms with Crippen molar-refractivity contribution in [2.24, 2.45) is 4.99 Å². The third kappa shape index (κ3) is 2.69. The number of hydrogen-bond acceptors (Lipinski definition) is 5. The molecule has 0 radical (unpaired) electrons. The van der Waals surface area contributed by atoms with Crippen LogP contribution in [0.25, 0.3) is 0 Å². The van der Waals surface area contributed by atoms with Gasteiger partial charge >= 0.3 is 11.9 Å². The number of carboxylic acids is 2. The zero-order chi connectivity index (χ0) is 21.1. The molecule has 0 saturated carbocycles. The first kappa shape index (κ1) is 10.7. The van der Waals surface area contributed by atoms with E-state index in [0.29, 0.717) is 0 Å². The molecular weight excluding hydrogens is 316 g/mol. The van der Waals surface area contributed by atoms with Crippen molar-refractivity contribution in [1.29, 1.82) is 0 Å². The van der Waals surface area contributed by atoms with Gasteiger partial charge < -0.3 is 15.1 Å². The highest BCUT2D eigenvalue weighted by atomic mass is 32.2. The van der Waals surface area contributed by atoms with E-state index >= 15 is 0 Å². The molecule has 0 bridgehead atoms. The molecule has 0 spiro atoms. The van der Waals surface area contributed by atoms with Gasteiger partial charge in [-0.05, 0) is 19.4 Å². The summed E-state index contributed by atoms with van der Waals surface area (Å²) in [5, 5.41) is 18.5. The predicted octanol–water partition coefficient (Wildman–Crippen LogP) is 1.70. The highest BCUT2D eigenvalue weighted by Gasteiger charge is 2.58. The Balaban J connectivity index is 2.10. The first-order chi connectivity index (χ1) is 12.9. The highest BCUT2D eigenvalue weighted by molar-refractivity contribution is 8.01. The Hall–Kier alpha value is -2.02. The third-order valence-corrected chi connectivity index (χ3v) is 5.42. The minimum absolute atomic E-state index is 0.0478. The summed E-state index contributed by atoms with van der Waals surface area (Å²) in [6.07, 6.45) is -0.254. The molecule has 0 amide bonds. The molecule has 3 atom stereocenters. The first-order valence-electron chi connectivity index (χ1n) is 9.42. The number of carboxylic acid groups (broad SMARTS) is 2. The minimum Gasteiger partial charge on any atom is -0.480 e. The van der Waals surface area contributed by atoms with Gasteiger partial charge in [0.1, 0.15) is 17.3 Å². The van der Waals surface area contributed by atoms with Crippen LogP contribution < -0.4 is 0 Å². The van der Waals surface area contributed by atoms with Crippen LogP contribution in [0.5, 0.6) is 0 Å². The molecule has 1 fully saturated rings. The van der Waals surface area contributed by atoms with Gasteiger partial charge in [0.15, 0.2) is 6.04 Å². The van der Waals surface area contributed by atoms with Gasteiger partial charge in [-0.2, -0.15) is 0 Å². The Morgan fingerprint density at radius 3 is 2.52 bits per heavy atom. The van der Waals surface area contributed by atoms with E-state index in [-0.39, 0.29) is 17.8 Å². The Morgan fingerprint density at radius 1 is 1.30 bits per heavy atom. The Kier molecular flexibility index (Phi) is 2.59. The standard InChI is InChI=1S/C16H18N2O4S/c1-16(2)12(15(21)22)18-10(8-9-6-4-3-5-7-9)17-11(14(19)20)13(18)23-16/h3-7,11-13H,8H2,1-2H3,(H,19,20)(H,21,22)/t11?,12-,13+/m0/s1/i3D,4D,5D,6D,7D. The zero-order valence-corrected chi connectivity index (χ0v) is 13.3. The number of benzene rings is 1. The van der Waals surface area contributed by atoms with Crippen LogP contribution in [0.4, 0.5) is 0 Å². The molecule has 2 aliphatic heterocycles. The molecule has 2 N–H and O–H groups in total. The van der Waals surface area contributed by atoms with Crippen LogP contribution in [0.3, 0.4) is 0 Å². The van der Waals surface area contributed by atoms with Crippen LogP contribution in [0, 0.1) is 0 Å². The molecule has 1 unspecified atom stereocenters. The van der Waals surface area contributed by atoms with Crippen molar-refractivity contribution in [2.45, 2.75) is 42.5 Å². The lowest BCUT2D eigenvalue weighted by Crippen LogP contribution is -2.50. The summed E-state index contributed by atoms with van der Waals surface area (Å²) < 4.78 is 38.5. The number of nitrogens with zero attached hydrogens (tertiary/aromatic N) is 2. The average molecular weight is 339 g/mol. The van der Waals surface area contributed by atoms with E-state index in [1.165, 1.54) is 16.7 Å². The van der Waals surface area contributed by atoms with Gasteiger partial charge in [0.05, 0.1) is 6.85 Å². The maximum absolute atomic E-state index is 11.9. The monoisotopic (exact) mass is 339 g/mol. The highest BCUT2D eigenvalue weighted by Crippen LogP contribution is 2.49. The quantitative estimate of drug-likeness (QED) is 0.868. The fourth-order valence-electron chi connectivity index (χ4n) is 2.97. The Labute approximate surface area is 145 Å². The van der Waals surface area contributed by atoms with Gasteiger partial charge in [-0.25, -0.2) is 9.59 Å². The molecular formula is C16H18N2O4S. The number of amidine groups is 1. The van der Waals surface area contributed by atoms with Crippen molar-refractivity contribution in [3.8, 4) is 0 Å². The largest absolute Gasteiger partial charge is 0.480 e. The minimum atomic E-state index is -1.21. The van der Waals surface area contributed by atoms with Gasteiger partial charge in [0.2, 0.25) is 0 Å². The van der Waals surface area contributed by atoms with Gasteiger partial charge in [0, 0.05) is 11.2 Å². The summed E-state index contributed by atoms with van der Waals surface area (Å²) in [7, 11) is 0. The summed E-state index contributed by atoms with van der Waals surface area (Å²) in [4.78, 5) is 29.1. The summed E-state index contributed by atoms with van der Waals surface area (Å²) in [6.45, 7) is 3.41. The van der Waals surface area contributed by atoms with Crippen molar-refractivity contribution >= 4 is 29.5 Å². The Bertz CT molecular complexity index is 894. The molecule has 1 aromatic rings. The maximum atomic E-state index is 11.9. The summed E-state index contributed by atoms with van der Waals surface area (Å²) in [5.41, 5.74) is -0.0478. The van der Waals surface area contributed by atoms with E-state index in [0.717, 1.165) is 0 Å². The molecule has 0 aliphatic carbocycles. The average Bonchev–Trinajstić information content (AvgIpc) is 3.06. The summed E-state index contributed by atoms with van der Waals surface area (Å²) in [6, 6.07) is -4.64. The molecule has 122 valence electrons. The molecule has 1 aromatic carbocycles. The van der Waals surface area contributed by atoms with E-state index in [1.807, 2.05) is 0 Å². The van der Waals surface area contributed by atoms with E-state index in [1.54, 1.807) is 13.8 Å². The molecule has 0 aromatic heterocycles. The van der Waals surface area contributed by atoms with Crippen molar-refractivity contribution < 1.29 is 26.7 Å². The third-order valence-electron chi connectivity index (χ3n) is 3.87. The van der Waals surface area contributed by atoms with Crippen molar-refractivity contribution in [3.05, 3.63) is 35.8 Å². The second-order valence-corrected chi connectivity index (χ2v) is 7.64. The van der Waals surface area contributed by atoms with Crippen LogP contribution in [0.2, 0.25) is 0 Å². The SMILES string of the molecule is [2H]c1c([2H])c([2H])c(CC2=NC(C(=O)O)[C@H]3SC(C)(C)[C@H](C(=O)O)N23)c([2H])c1[2H]. The van der Waals surface area contributed by atoms with Crippen LogP contribution in [-0.2, 0) is 16.0 Å². The predicted molar refractivity (Wildman–Crippen MR) is 87.7 cm³/mol. The molecule has 3 rings (SSSR count). The van der Waals surface area contributed by atoms with Crippen molar-refractivity contribution in [2.75, 3.05) is 0 Å². The van der Waals surface area contributed by atoms with Crippen LogP contribution in [0.1, 0.15) is 26.3 Å². The lowest BCUT2D eigenvalue weighted by molar-refractivity contribution is -0.143. The molecule has 2 heterocycles. The molecule has 2 aliphatic rings. The Morgan fingerprint density at radius 2 is 1.96 bits per heavy atom. The van der Waals surface area contributed by atoms with Gasteiger partial charge in [-0.15, -0.1) is 11.8 Å². The summed E-state index contributed by atoms with van der Waals surface area (Å²) >= 11 is 1.19. The van der Waals surface area contributed by atoms with E-state index < -0.39 is 64.4 Å². The number of fused-ring (bicyclic) bond motifs is 1. The fourth-order valence-corrected chi connectivity index (χ4v) is 4.60. The van der Waals surface area contributed by atoms with Crippen LogP contribution in [0.15, 0.2) is 35.2 Å². The normalized spacial score (nSPS) is 31.4. The maximum Gasteiger partial charge on any atom is 0.331 e. The molecule has 1 saturated heterocycles. The van der Waals surface area contributed by atoms with Crippen LogP contribution in [-0.4, -0.2) is 55.1 Å². The van der Waals surface area contributed by atoms with Gasteiger partial charge in [-0.1, -0.05) is 30.2 Å². The lowest BCUT2D eigenvalue weighted by atomic mass is 10.0. The number of thioether (sulfide) groups is 1. The van der Waals surface area contributed by atoms with Gasteiger partial charge in [0.25, 0.3) is 0 Å². The molecule has 23 heavy (non-hydrogen) atoms. The smallest absolute Gasteiger partial charge is 0.331 e. The number of rotatable bonds is 4. The van der Waals surface area contributed by atoms with E-state index in [2.05, 4.69) is 4.99 Å². The summed E-state index contributed by atoms with van der Waals surface area (Å²) in [5.74, 6) is -2.25. The zero-order valence-electron chi connectivity index (χ0n) is 17.5. The lowest BCUT2D eigenvalue weighted by Gasteiger charge is -2.29. The van der Waals surface area contributed by atoms with Crippen molar-refractivity contribution in [3.63, 3.8) is 0 Å². The molecule has 7 heteroatoms. The van der Waals surface area contributed by atoms with E-state index in [9.17, 15) is 19.8 Å². The van der Waals surface area contributed by atoms with Crippen molar-refractivity contribution in [1.82, 2.24) is 4.90 Å². The number of aliphatic imine (C=N–C) groups is 1. The second kappa shape index (κ2) is 5.56. The first-order valence-corrected chi connectivity index (χ1v) is 7.80. The number of aliphatic carboxylic acids is 2. The van der Waals surface area contributed by atoms with E-state index in [4.69, 9.17) is 6.85 Å². The fraction of sp³-hybridized carbons (Fsp3) is 0.438. The second-order valence-electron chi connectivity index (χ2n) is 5.87. The van der Waals surface area contributed by atoms with Gasteiger partial charge in [-0.3, -0.25) is 4.99 Å². The topological polar surface area (TPSA) is 90.2 Å². The van der Waals surface area contributed by atoms with Crippen LogP contribution >= 0.6 is 11.8 Å². The number of carbonyl (C=O) groups is 2. The molecule has 6 nitrogen and oxygen atoms in total. The number of hydrogen-bond donors (Lipinski definition) is 2.